The highest BCUT2D eigenvalue weighted by Crippen LogP contribution is 2.24. The normalized spacial score (nSPS) is 11.7. The van der Waals surface area contributed by atoms with Crippen LogP contribution in [-0.4, -0.2) is 38.1 Å². The third kappa shape index (κ3) is 6.00. The topological polar surface area (TPSA) is 75.7 Å². The van der Waals surface area contributed by atoms with Crippen LogP contribution in [0.5, 0.6) is 5.75 Å². The Morgan fingerprint density at radius 2 is 1.71 bits per heavy atom. The maximum absolute atomic E-state index is 12.6. The molecule has 0 spiro atoms. The Balaban J connectivity index is 2.08. The van der Waals surface area contributed by atoms with Crippen molar-refractivity contribution in [3.8, 4) is 18.1 Å². The summed E-state index contributed by atoms with van der Waals surface area (Å²) in [7, 11) is -3.99. The standard InChI is InChI=1S/C18H15F3N2O4S/c1-2-12-23(28(25,26)16-6-4-3-5-7-16)13-17(24)22-14-8-10-15(11-9-14)27-18(19,20)21/h1,3-11H,12-13H2,(H,22,24). The quantitative estimate of drug-likeness (QED) is 0.710. The van der Waals surface area contributed by atoms with Crippen LogP contribution >= 0.6 is 0 Å². The fourth-order valence-electron chi connectivity index (χ4n) is 2.17. The molecule has 0 saturated heterocycles. The molecule has 0 radical (unpaired) electrons. The van der Waals surface area contributed by atoms with E-state index in [9.17, 15) is 26.4 Å². The first-order valence-electron chi connectivity index (χ1n) is 7.76. The Kier molecular flexibility index (Phi) is 6.66. The number of amides is 1. The first-order valence-corrected chi connectivity index (χ1v) is 9.20. The third-order valence-electron chi connectivity index (χ3n) is 3.34. The molecule has 0 atom stereocenters. The number of sulfonamides is 1. The van der Waals surface area contributed by atoms with Crippen LogP contribution in [0.4, 0.5) is 18.9 Å². The minimum atomic E-state index is -4.83. The number of anilines is 1. The molecule has 10 heteroatoms. The summed E-state index contributed by atoms with van der Waals surface area (Å²) in [5.41, 5.74) is 0.164. The van der Waals surface area contributed by atoms with Gasteiger partial charge in [-0.3, -0.25) is 4.79 Å². The van der Waals surface area contributed by atoms with Crippen LogP contribution in [0.15, 0.2) is 59.5 Å². The number of benzene rings is 2. The van der Waals surface area contributed by atoms with E-state index in [0.717, 1.165) is 16.4 Å². The molecule has 0 fully saturated rings. The Hall–Kier alpha value is -3.03. The van der Waals surface area contributed by atoms with Crippen molar-refractivity contribution in [1.29, 1.82) is 0 Å². The number of hydrogen-bond acceptors (Lipinski definition) is 4. The molecule has 0 aliphatic rings. The molecule has 0 bridgehead atoms. The molecule has 1 N–H and O–H groups in total. The third-order valence-corrected chi connectivity index (χ3v) is 5.15. The van der Waals surface area contributed by atoms with E-state index in [2.05, 4.69) is 16.0 Å². The predicted octanol–water partition coefficient (Wildman–Crippen LogP) is 2.85. The molecular weight excluding hydrogens is 397 g/mol. The second kappa shape index (κ2) is 8.77. The van der Waals surface area contributed by atoms with Crippen molar-refractivity contribution in [2.24, 2.45) is 0 Å². The van der Waals surface area contributed by atoms with Crippen molar-refractivity contribution in [3.05, 3.63) is 54.6 Å². The fraction of sp³-hybridized carbons (Fsp3) is 0.167. The zero-order chi connectivity index (χ0) is 20.8. The Morgan fingerprint density at radius 1 is 1.11 bits per heavy atom. The number of rotatable bonds is 7. The molecule has 2 aromatic carbocycles. The summed E-state index contributed by atoms with van der Waals surface area (Å²) in [5, 5.41) is 2.39. The molecule has 0 aliphatic carbocycles. The molecule has 2 rings (SSSR count). The lowest BCUT2D eigenvalue weighted by Gasteiger charge is -2.19. The van der Waals surface area contributed by atoms with Gasteiger partial charge < -0.3 is 10.1 Å². The van der Waals surface area contributed by atoms with Gasteiger partial charge in [-0.15, -0.1) is 19.6 Å². The van der Waals surface area contributed by atoms with Crippen LogP contribution in [0.1, 0.15) is 0 Å². The van der Waals surface area contributed by atoms with Gasteiger partial charge in [-0.05, 0) is 36.4 Å². The highest BCUT2D eigenvalue weighted by molar-refractivity contribution is 7.89. The van der Waals surface area contributed by atoms with E-state index in [1.807, 2.05) is 0 Å². The van der Waals surface area contributed by atoms with Crippen molar-refractivity contribution >= 4 is 21.6 Å². The molecule has 0 unspecified atom stereocenters. The Labute approximate surface area is 160 Å². The second-order valence-corrected chi connectivity index (χ2v) is 7.35. The smallest absolute Gasteiger partial charge is 0.406 e. The first kappa shape index (κ1) is 21.3. The lowest BCUT2D eigenvalue weighted by atomic mass is 10.3. The van der Waals surface area contributed by atoms with Gasteiger partial charge in [0.2, 0.25) is 15.9 Å². The highest BCUT2D eigenvalue weighted by Gasteiger charge is 2.31. The van der Waals surface area contributed by atoms with Crippen LogP contribution in [0.25, 0.3) is 0 Å². The lowest BCUT2D eigenvalue weighted by molar-refractivity contribution is -0.274. The fourth-order valence-corrected chi connectivity index (χ4v) is 3.50. The van der Waals surface area contributed by atoms with Crippen LogP contribution in [-0.2, 0) is 14.8 Å². The average molecular weight is 412 g/mol. The van der Waals surface area contributed by atoms with Crippen LogP contribution in [0.2, 0.25) is 0 Å². The zero-order valence-electron chi connectivity index (χ0n) is 14.3. The summed E-state index contributed by atoms with van der Waals surface area (Å²) < 4.78 is 66.2. The average Bonchev–Trinajstić information content (AvgIpc) is 2.62. The van der Waals surface area contributed by atoms with E-state index in [1.54, 1.807) is 6.07 Å². The van der Waals surface area contributed by atoms with E-state index in [4.69, 9.17) is 6.42 Å². The van der Waals surface area contributed by atoms with E-state index >= 15 is 0 Å². The van der Waals surface area contributed by atoms with Gasteiger partial charge in [0.15, 0.2) is 0 Å². The van der Waals surface area contributed by atoms with Gasteiger partial charge >= 0.3 is 6.36 Å². The van der Waals surface area contributed by atoms with Crippen LogP contribution in [0.3, 0.4) is 0 Å². The Morgan fingerprint density at radius 3 is 2.25 bits per heavy atom. The predicted molar refractivity (Wildman–Crippen MR) is 95.8 cm³/mol. The van der Waals surface area contributed by atoms with Gasteiger partial charge in [0.1, 0.15) is 5.75 Å². The maximum atomic E-state index is 12.6. The van der Waals surface area contributed by atoms with Crippen molar-refractivity contribution in [3.63, 3.8) is 0 Å². The van der Waals surface area contributed by atoms with E-state index < -0.39 is 34.6 Å². The number of carbonyl (C=O) groups excluding carboxylic acids is 1. The van der Waals surface area contributed by atoms with Crippen LogP contribution < -0.4 is 10.1 Å². The SMILES string of the molecule is C#CCN(CC(=O)Nc1ccc(OC(F)(F)F)cc1)S(=O)(=O)c1ccccc1. The van der Waals surface area contributed by atoms with E-state index in [0.29, 0.717) is 0 Å². The minimum Gasteiger partial charge on any atom is -0.406 e. The van der Waals surface area contributed by atoms with Gasteiger partial charge in [-0.2, -0.15) is 4.31 Å². The summed E-state index contributed by atoms with van der Waals surface area (Å²) >= 11 is 0. The number of alkyl halides is 3. The molecule has 2 aromatic rings. The summed E-state index contributed by atoms with van der Waals surface area (Å²) in [6.45, 7) is -0.898. The molecule has 6 nitrogen and oxygen atoms in total. The van der Waals surface area contributed by atoms with Gasteiger partial charge in [0, 0.05) is 5.69 Å². The van der Waals surface area contributed by atoms with Gasteiger partial charge in [-0.1, -0.05) is 24.1 Å². The van der Waals surface area contributed by atoms with Crippen molar-refractivity contribution in [2.75, 3.05) is 18.4 Å². The zero-order valence-corrected chi connectivity index (χ0v) is 15.1. The number of terminal acetylenes is 1. The molecule has 0 aromatic heterocycles. The monoisotopic (exact) mass is 412 g/mol. The maximum Gasteiger partial charge on any atom is 0.573 e. The van der Waals surface area contributed by atoms with Crippen molar-refractivity contribution in [1.82, 2.24) is 4.31 Å². The second-order valence-electron chi connectivity index (χ2n) is 5.41. The van der Waals surface area contributed by atoms with Gasteiger partial charge in [0.05, 0.1) is 18.0 Å². The minimum absolute atomic E-state index is 0.0216. The number of nitrogens with one attached hydrogen (secondary N) is 1. The van der Waals surface area contributed by atoms with Gasteiger partial charge in [0.25, 0.3) is 0 Å². The summed E-state index contributed by atoms with van der Waals surface area (Å²) in [6, 6.07) is 11.9. The van der Waals surface area contributed by atoms with Gasteiger partial charge in [-0.25, -0.2) is 8.42 Å². The largest absolute Gasteiger partial charge is 0.573 e. The molecule has 28 heavy (non-hydrogen) atoms. The lowest BCUT2D eigenvalue weighted by Crippen LogP contribution is -2.38. The van der Waals surface area contributed by atoms with E-state index in [1.165, 1.54) is 36.4 Å². The summed E-state index contributed by atoms with van der Waals surface area (Å²) in [6.07, 6.45) is 0.379. The summed E-state index contributed by atoms with van der Waals surface area (Å²) in [4.78, 5) is 12.2. The molecule has 0 saturated carbocycles. The number of ether oxygens (including phenoxy) is 1. The highest BCUT2D eigenvalue weighted by atomic mass is 32.2. The number of hydrogen-bond donors (Lipinski definition) is 1. The molecule has 1 amide bonds. The first-order chi connectivity index (χ1) is 13.1. The number of halogens is 3. The molecule has 0 aliphatic heterocycles. The van der Waals surface area contributed by atoms with E-state index in [-0.39, 0.29) is 17.1 Å². The molecule has 0 heterocycles. The number of carbonyl (C=O) groups is 1. The Bertz CT molecular complexity index is 953. The van der Waals surface area contributed by atoms with Crippen molar-refractivity contribution < 1.29 is 31.1 Å². The van der Waals surface area contributed by atoms with Crippen molar-refractivity contribution in [2.45, 2.75) is 11.3 Å². The molecular formula is C18H15F3N2O4S. The van der Waals surface area contributed by atoms with Crippen LogP contribution in [0, 0.1) is 12.3 Å². The molecule has 148 valence electrons. The summed E-state index contributed by atoms with van der Waals surface area (Å²) in [5.74, 6) is 1.02. The number of nitrogens with zero attached hydrogens (tertiary/aromatic N) is 1.